The molecule has 4 heterocycles. The molecule has 2 N–H and O–H groups in total. The van der Waals surface area contributed by atoms with Gasteiger partial charge in [0.25, 0.3) is 17.7 Å². The van der Waals surface area contributed by atoms with Gasteiger partial charge in [-0.2, -0.15) is 0 Å². The van der Waals surface area contributed by atoms with Crippen LogP contribution in [-0.2, 0) is 51.4 Å². The van der Waals surface area contributed by atoms with Gasteiger partial charge in [0.15, 0.2) is 24.7 Å². The van der Waals surface area contributed by atoms with Crippen molar-refractivity contribution in [2.45, 2.75) is 64.3 Å². The summed E-state index contributed by atoms with van der Waals surface area (Å²) in [6, 6.07) is 13.5. The zero-order valence-corrected chi connectivity index (χ0v) is 33.0. The maximum atomic E-state index is 13.9. The summed E-state index contributed by atoms with van der Waals surface area (Å²) in [5.74, 6) is -2.24. The standard InChI is InChI=1S/C39H40N6O9S2/c1-6-53-43-30(18-32(47)54-39(2,3)4)35(48)42-33-36(49)45-34(38(50)52-20-24-7-9-28(51-5)10-8-24)27(22-56-37(33)45)19-44-15-13-25(14-16-44)26-17-29(55-21-26)11-12-31(46)41-23-40/h7-17,21,33,37,40H,6,18-20,22H2,1-5H3/p+1/b12-11+,43-30+. The molecule has 2 unspecified atom stereocenters. The zero-order chi connectivity index (χ0) is 40.4. The van der Waals surface area contributed by atoms with Crippen molar-refractivity contribution in [2.24, 2.45) is 10.1 Å². The van der Waals surface area contributed by atoms with Crippen molar-refractivity contribution in [1.29, 1.82) is 5.41 Å². The Hall–Kier alpha value is -5.90. The number of carbonyl (C=O) groups is 5. The van der Waals surface area contributed by atoms with E-state index in [-0.39, 0.29) is 31.2 Å². The number of thioether (sulfide) groups is 1. The monoisotopic (exact) mass is 801 g/mol. The van der Waals surface area contributed by atoms with E-state index in [4.69, 9.17) is 24.5 Å². The predicted octanol–water partition coefficient (Wildman–Crippen LogP) is 4.53. The second-order valence-electron chi connectivity index (χ2n) is 13.3. The predicted molar refractivity (Wildman–Crippen MR) is 209 cm³/mol. The average Bonchev–Trinajstić information content (AvgIpc) is 3.65. The SMILES string of the molecule is CCO/N=C(\CC(=O)OC(C)(C)C)C(=O)NC1C(=O)N2C(C(=O)OCc3ccc(OC)cc3)=C(C[n+]3ccc(-c4csc(/C=C/C(=O)N=C=N)c4)cc3)CSC12. The summed E-state index contributed by atoms with van der Waals surface area (Å²) >= 11 is 2.83. The van der Waals surface area contributed by atoms with Gasteiger partial charge in [0.2, 0.25) is 0 Å². The van der Waals surface area contributed by atoms with Crippen LogP contribution in [0.4, 0.5) is 0 Å². The first-order valence-corrected chi connectivity index (χ1v) is 19.3. The first-order chi connectivity index (χ1) is 26.8. The lowest BCUT2D eigenvalue weighted by Gasteiger charge is -2.49. The van der Waals surface area contributed by atoms with Gasteiger partial charge < -0.3 is 24.4 Å². The van der Waals surface area contributed by atoms with Crippen molar-refractivity contribution in [3.05, 3.63) is 88.0 Å². The normalized spacial score (nSPS) is 16.7. The lowest BCUT2D eigenvalue weighted by molar-refractivity contribution is -0.689. The third-order valence-electron chi connectivity index (χ3n) is 8.13. The van der Waals surface area contributed by atoms with Crippen LogP contribution in [-0.4, -0.2) is 82.8 Å². The van der Waals surface area contributed by atoms with Crippen LogP contribution in [0.5, 0.6) is 5.75 Å². The molecule has 1 aromatic carbocycles. The van der Waals surface area contributed by atoms with E-state index in [1.54, 1.807) is 71.2 Å². The molecule has 0 saturated carbocycles. The van der Waals surface area contributed by atoms with Crippen molar-refractivity contribution in [3.63, 3.8) is 0 Å². The fourth-order valence-corrected chi connectivity index (χ4v) is 7.72. The number of benzene rings is 1. The molecule has 0 radical (unpaired) electrons. The molecular weight excluding hydrogens is 761 g/mol. The van der Waals surface area contributed by atoms with Crippen LogP contribution < -0.4 is 14.6 Å². The van der Waals surface area contributed by atoms with Gasteiger partial charge in [-0.05, 0) is 74.0 Å². The number of fused-ring (bicyclic) bond motifs is 1. The van der Waals surface area contributed by atoms with Gasteiger partial charge in [0.1, 0.15) is 41.7 Å². The minimum atomic E-state index is -1.01. The van der Waals surface area contributed by atoms with Crippen LogP contribution >= 0.6 is 23.1 Å². The number of rotatable bonds is 15. The number of thiophene rings is 1. The number of hydrogen-bond acceptors (Lipinski definition) is 13. The molecule has 2 aliphatic rings. The first-order valence-electron chi connectivity index (χ1n) is 17.4. The van der Waals surface area contributed by atoms with E-state index in [9.17, 15) is 24.0 Å². The molecule has 3 amide bonds. The van der Waals surface area contributed by atoms with E-state index < -0.39 is 53.1 Å². The molecule has 0 spiro atoms. The number of amides is 3. The molecule has 292 valence electrons. The summed E-state index contributed by atoms with van der Waals surface area (Å²) in [6.45, 7) is 7.14. The number of aliphatic imine (C=N–C) groups is 1. The minimum absolute atomic E-state index is 0.0504. The van der Waals surface area contributed by atoms with Crippen LogP contribution in [0.1, 0.15) is 44.6 Å². The molecule has 56 heavy (non-hydrogen) atoms. The number of hydrogen-bond donors (Lipinski definition) is 2. The fraction of sp³-hybridized carbons (Fsp3) is 0.333. The largest absolute Gasteiger partial charge is 0.497 e. The summed E-state index contributed by atoms with van der Waals surface area (Å²) in [4.78, 5) is 75.7. The average molecular weight is 802 g/mol. The minimum Gasteiger partial charge on any atom is -0.497 e. The number of nitrogens with one attached hydrogen (secondary N) is 2. The Kier molecular flexibility index (Phi) is 13.7. The van der Waals surface area contributed by atoms with E-state index in [0.29, 0.717) is 17.1 Å². The summed E-state index contributed by atoms with van der Waals surface area (Å²) in [7, 11) is 1.56. The Morgan fingerprint density at radius 3 is 2.50 bits per heavy atom. The fourth-order valence-electron chi connectivity index (χ4n) is 5.58. The van der Waals surface area contributed by atoms with E-state index in [0.717, 1.165) is 21.6 Å². The van der Waals surface area contributed by atoms with Gasteiger partial charge in [0.05, 0.1) is 19.5 Å². The lowest BCUT2D eigenvalue weighted by Crippen LogP contribution is -2.71. The van der Waals surface area contributed by atoms with Crippen molar-refractivity contribution in [3.8, 4) is 16.9 Å². The highest BCUT2D eigenvalue weighted by Gasteiger charge is 2.55. The second kappa shape index (κ2) is 18.6. The molecular formula is C39H41N6O9S2+. The molecule has 2 atom stereocenters. The molecule has 1 fully saturated rings. The van der Waals surface area contributed by atoms with Gasteiger partial charge in [-0.3, -0.25) is 24.1 Å². The number of esters is 2. The topological polar surface area (TPSA) is 190 Å². The van der Waals surface area contributed by atoms with E-state index in [1.807, 2.05) is 40.5 Å². The number of aromatic nitrogens is 1. The number of β-lactam (4-membered cyclic amide) rings is 1. The number of methoxy groups -OCH3 is 1. The summed E-state index contributed by atoms with van der Waals surface area (Å²) in [6.07, 6.45) is 6.15. The Morgan fingerprint density at radius 1 is 1.11 bits per heavy atom. The molecule has 0 aliphatic carbocycles. The highest BCUT2D eigenvalue weighted by Crippen LogP contribution is 2.41. The molecule has 0 bridgehead atoms. The lowest BCUT2D eigenvalue weighted by atomic mass is 10.0. The van der Waals surface area contributed by atoms with Gasteiger partial charge in [-0.1, -0.05) is 17.3 Å². The number of ether oxygens (including phenoxy) is 3. The maximum absolute atomic E-state index is 13.9. The maximum Gasteiger partial charge on any atom is 0.355 e. The summed E-state index contributed by atoms with van der Waals surface area (Å²) < 4.78 is 18.2. The molecule has 5 rings (SSSR count). The van der Waals surface area contributed by atoms with Crippen LogP contribution in [0.25, 0.3) is 17.2 Å². The second-order valence-corrected chi connectivity index (χ2v) is 15.4. The first kappa shape index (κ1) is 41.3. The van der Waals surface area contributed by atoms with Gasteiger partial charge in [-0.15, -0.1) is 28.1 Å². The van der Waals surface area contributed by atoms with Crippen molar-refractivity contribution in [2.75, 3.05) is 19.5 Å². The molecule has 3 aromatic rings. The summed E-state index contributed by atoms with van der Waals surface area (Å²) in [5, 5.41) is 14.6. The Morgan fingerprint density at radius 2 is 1.84 bits per heavy atom. The highest BCUT2D eigenvalue weighted by atomic mass is 32.2. The highest BCUT2D eigenvalue weighted by molar-refractivity contribution is 8.00. The quantitative estimate of drug-likeness (QED) is 0.0552. The molecule has 1 saturated heterocycles. The van der Waals surface area contributed by atoms with Crippen LogP contribution in [0, 0.1) is 5.41 Å². The zero-order valence-electron chi connectivity index (χ0n) is 31.4. The molecule has 15 nitrogen and oxygen atoms in total. The van der Waals surface area contributed by atoms with Crippen LogP contribution in [0.2, 0.25) is 0 Å². The Bertz CT molecular complexity index is 2110. The van der Waals surface area contributed by atoms with Gasteiger partial charge in [-0.25, -0.2) is 14.8 Å². The van der Waals surface area contributed by atoms with Crippen LogP contribution in [0.15, 0.2) is 87.7 Å². The number of nitrogens with zero attached hydrogens (tertiary/aromatic N) is 4. The molecule has 2 aliphatic heterocycles. The number of oxime groups is 1. The van der Waals surface area contributed by atoms with Gasteiger partial charge >= 0.3 is 11.9 Å². The van der Waals surface area contributed by atoms with Gasteiger partial charge in [0, 0.05) is 34.4 Å². The van der Waals surface area contributed by atoms with E-state index in [1.165, 1.54) is 34.1 Å². The smallest absolute Gasteiger partial charge is 0.355 e. The molecule has 2 aromatic heterocycles. The van der Waals surface area contributed by atoms with Crippen molar-refractivity contribution < 1.29 is 47.6 Å². The molecule has 17 heteroatoms. The number of pyridine rings is 1. The Balaban J connectivity index is 1.35. The van der Waals surface area contributed by atoms with Crippen LogP contribution in [0.3, 0.4) is 0 Å². The number of carbonyl (C=O) groups excluding carboxylic acids is 5. The summed E-state index contributed by atoms with van der Waals surface area (Å²) in [5.41, 5.74) is 2.28. The Labute approximate surface area is 331 Å². The third kappa shape index (κ3) is 10.6. The third-order valence-corrected chi connectivity index (χ3v) is 10.4. The van der Waals surface area contributed by atoms with Crippen molar-refractivity contribution in [1.82, 2.24) is 10.2 Å². The van der Waals surface area contributed by atoms with E-state index >= 15 is 0 Å². The van der Waals surface area contributed by atoms with E-state index in [2.05, 4.69) is 15.5 Å². The van der Waals surface area contributed by atoms with Crippen molar-refractivity contribution >= 4 is 70.6 Å².